The van der Waals surface area contributed by atoms with Gasteiger partial charge in [0.15, 0.2) is 0 Å². The second kappa shape index (κ2) is 7.99. The van der Waals surface area contributed by atoms with E-state index in [-0.39, 0.29) is 5.91 Å². The molecule has 0 saturated carbocycles. The Labute approximate surface area is 182 Å². The second-order valence-electron chi connectivity index (χ2n) is 8.23. The molecule has 0 N–H and O–H groups in total. The van der Waals surface area contributed by atoms with Crippen LogP contribution < -0.4 is 4.90 Å². The molecular weight excluding hydrogens is 386 g/mol. The average Bonchev–Trinajstić information content (AvgIpc) is 3.09. The van der Waals surface area contributed by atoms with E-state index in [0.717, 1.165) is 31.0 Å². The Bertz CT molecular complexity index is 1190. The molecule has 0 radical (unpaired) electrons. The fourth-order valence-electron chi connectivity index (χ4n) is 4.51. The van der Waals surface area contributed by atoms with Crippen molar-refractivity contribution in [1.82, 2.24) is 9.47 Å². The normalized spacial score (nSPS) is 15.7. The standard InChI is InChI=1S/C26H27N3O2/c1-19(30)29-15-12-24-23-9-8-21(16-25(23)27(2)26(24)17-29)28-13-10-22(11-14-28)31-18-20-6-4-3-5-7-20/h3-11,13,16H,12,14-15,17-18H2,1-2H3. The molecule has 0 atom stereocenters. The van der Waals surface area contributed by atoms with Crippen LogP contribution in [0.25, 0.3) is 10.9 Å². The summed E-state index contributed by atoms with van der Waals surface area (Å²) in [7, 11) is 2.11. The lowest BCUT2D eigenvalue weighted by molar-refractivity contribution is -0.129. The maximum atomic E-state index is 11.8. The molecule has 5 nitrogen and oxygen atoms in total. The van der Waals surface area contributed by atoms with Gasteiger partial charge in [-0.1, -0.05) is 36.4 Å². The first-order chi connectivity index (χ1) is 15.1. The molecule has 3 aromatic rings. The largest absolute Gasteiger partial charge is 0.489 e. The fraction of sp³-hybridized carbons (Fsp3) is 0.269. The zero-order chi connectivity index (χ0) is 21.4. The summed E-state index contributed by atoms with van der Waals surface area (Å²) in [4.78, 5) is 16.0. The lowest BCUT2D eigenvalue weighted by atomic mass is 10.0. The summed E-state index contributed by atoms with van der Waals surface area (Å²) in [6, 6.07) is 16.9. The van der Waals surface area contributed by atoms with Gasteiger partial charge >= 0.3 is 0 Å². The molecule has 0 aliphatic carbocycles. The molecule has 1 amide bonds. The molecule has 31 heavy (non-hydrogen) atoms. The predicted octanol–water partition coefficient (Wildman–Crippen LogP) is 4.52. The van der Waals surface area contributed by atoms with E-state index >= 15 is 0 Å². The first-order valence-electron chi connectivity index (χ1n) is 10.8. The Hall–Kier alpha value is -3.47. The van der Waals surface area contributed by atoms with Crippen LogP contribution in [0.15, 0.2) is 72.6 Å². The molecule has 0 fully saturated rings. The minimum atomic E-state index is 0.145. The molecule has 5 rings (SSSR count). The third-order valence-electron chi connectivity index (χ3n) is 6.33. The van der Waals surface area contributed by atoms with Crippen LogP contribution in [0.2, 0.25) is 0 Å². The lowest BCUT2D eigenvalue weighted by Gasteiger charge is -2.26. The van der Waals surface area contributed by atoms with Crippen LogP contribution in [0.4, 0.5) is 5.69 Å². The molecule has 2 aromatic carbocycles. The van der Waals surface area contributed by atoms with Gasteiger partial charge in [-0.05, 0) is 41.8 Å². The van der Waals surface area contributed by atoms with Crippen molar-refractivity contribution in [3.8, 4) is 0 Å². The zero-order valence-electron chi connectivity index (χ0n) is 18.0. The van der Waals surface area contributed by atoms with Gasteiger partial charge in [-0.25, -0.2) is 0 Å². The van der Waals surface area contributed by atoms with Crippen molar-refractivity contribution in [3.05, 3.63) is 89.5 Å². The fourth-order valence-corrected chi connectivity index (χ4v) is 4.51. The summed E-state index contributed by atoms with van der Waals surface area (Å²) in [6.07, 6.45) is 7.15. The number of aromatic nitrogens is 1. The van der Waals surface area contributed by atoms with Crippen molar-refractivity contribution < 1.29 is 9.53 Å². The number of anilines is 1. The number of amides is 1. The van der Waals surface area contributed by atoms with Gasteiger partial charge in [0.25, 0.3) is 0 Å². The number of fused-ring (bicyclic) bond motifs is 3. The van der Waals surface area contributed by atoms with Gasteiger partial charge in [0, 0.05) is 50.0 Å². The Morgan fingerprint density at radius 1 is 1.13 bits per heavy atom. The second-order valence-corrected chi connectivity index (χ2v) is 8.23. The van der Waals surface area contributed by atoms with Gasteiger partial charge in [0.1, 0.15) is 12.4 Å². The number of carbonyl (C=O) groups excluding carboxylic acids is 1. The number of rotatable bonds is 4. The van der Waals surface area contributed by atoms with Crippen LogP contribution in [0.5, 0.6) is 0 Å². The number of ether oxygens (including phenoxy) is 1. The van der Waals surface area contributed by atoms with Crippen molar-refractivity contribution in [2.45, 2.75) is 26.5 Å². The maximum absolute atomic E-state index is 11.8. The van der Waals surface area contributed by atoms with Gasteiger partial charge < -0.3 is 19.1 Å². The number of hydrogen-bond acceptors (Lipinski definition) is 3. The Kier molecular flexibility index (Phi) is 5.02. The Morgan fingerprint density at radius 2 is 1.97 bits per heavy atom. The maximum Gasteiger partial charge on any atom is 0.219 e. The highest BCUT2D eigenvalue weighted by Crippen LogP contribution is 2.33. The molecule has 0 saturated heterocycles. The molecule has 0 bridgehead atoms. The Balaban J connectivity index is 1.33. The van der Waals surface area contributed by atoms with E-state index in [0.29, 0.717) is 13.2 Å². The highest BCUT2D eigenvalue weighted by Gasteiger charge is 2.24. The van der Waals surface area contributed by atoms with Crippen LogP contribution in [0, 0.1) is 0 Å². The highest BCUT2D eigenvalue weighted by molar-refractivity contribution is 5.89. The van der Waals surface area contributed by atoms with E-state index in [1.54, 1.807) is 6.92 Å². The lowest BCUT2D eigenvalue weighted by Crippen LogP contribution is -2.34. The summed E-state index contributed by atoms with van der Waals surface area (Å²) in [6.45, 7) is 4.50. The number of allylic oxidation sites excluding steroid dienone is 1. The van der Waals surface area contributed by atoms with E-state index in [1.807, 2.05) is 29.2 Å². The molecule has 1 aromatic heterocycles. The monoisotopic (exact) mass is 413 g/mol. The number of aryl methyl sites for hydroxylation is 1. The third-order valence-corrected chi connectivity index (χ3v) is 6.33. The van der Waals surface area contributed by atoms with E-state index in [4.69, 9.17) is 4.74 Å². The van der Waals surface area contributed by atoms with Crippen LogP contribution in [-0.2, 0) is 36.2 Å². The third kappa shape index (κ3) is 3.72. The molecular formula is C26H27N3O2. The molecule has 0 spiro atoms. The number of nitrogens with zero attached hydrogens (tertiary/aromatic N) is 3. The topological polar surface area (TPSA) is 37.7 Å². The predicted molar refractivity (Wildman–Crippen MR) is 124 cm³/mol. The van der Waals surface area contributed by atoms with Gasteiger partial charge in [0.2, 0.25) is 5.91 Å². The smallest absolute Gasteiger partial charge is 0.219 e. The summed E-state index contributed by atoms with van der Waals surface area (Å²) in [5, 5.41) is 1.30. The molecule has 0 unspecified atom stereocenters. The van der Waals surface area contributed by atoms with Crippen molar-refractivity contribution in [3.63, 3.8) is 0 Å². The molecule has 5 heteroatoms. The summed E-state index contributed by atoms with van der Waals surface area (Å²) in [5.74, 6) is 1.05. The van der Waals surface area contributed by atoms with Gasteiger partial charge in [-0.3, -0.25) is 4.79 Å². The molecule has 3 heterocycles. The SMILES string of the molecule is CC(=O)N1CCc2c(n(C)c3cc(N4C=CC(OCc5ccccc5)=CC4)ccc23)C1. The first kappa shape index (κ1) is 19.5. The molecule has 2 aliphatic rings. The Morgan fingerprint density at radius 3 is 2.71 bits per heavy atom. The van der Waals surface area contributed by atoms with Gasteiger partial charge in [-0.15, -0.1) is 0 Å². The number of hydrogen-bond donors (Lipinski definition) is 0. The van der Waals surface area contributed by atoms with Crippen molar-refractivity contribution in [2.24, 2.45) is 7.05 Å². The van der Waals surface area contributed by atoms with Crippen LogP contribution in [-0.4, -0.2) is 28.5 Å². The van der Waals surface area contributed by atoms with Gasteiger partial charge in [0.05, 0.1) is 12.1 Å². The van der Waals surface area contributed by atoms with E-state index in [2.05, 4.69) is 59.1 Å². The van der Waals surface area contributed by atoms with Crippen LogP contribution in [0.3, 0.4) is 0 Å². The van der Waals surface area contributed by atoms with Crippen molar-refractivity contribution in [1.29, 1.82) is 0 Å². The first-order valence-corrected chi connectivity index (χ1v) is 10.8. The summed E-state index contributed by atoms with van der Waals surface area (Å²) < 4.78 is 8.19. The van der Waals surface area contributed by atoms with Crippen molar-refractivity contribution in [2.75, 3.05) is 18.0 Å². The number of benzene rings is 2. The summed E-state index contributed by atoms with van der Waals surface area (Å²) >= 11 is 0. The molecule has 2 aliphatic heterocycles. The van der Waals surface area contributed by atoms with Crippen molar-refractivity contribution >= 4 is 22.5 Å². The van der Waals surface area contributed by atoms with Gasteiger partial charge in [-0.2, -0.15) is 0 Å². The number of carbonyl (C=O) groups is 1. The quantitative estimate of drug-likeness (QED) is 0.631. The minimum absolute atomic E-state index is 0.145. The average molecular weight is 414 g/mol. The van der Waals surface area contributed by atoms with E-state index in [1.165, 1.54) is 27.7 Å². The van der Waals surface area contributed by atoms with Crippen LogP contribution in [0.1, 0.15) is 23.7 Å². The minimum Gasteiger partial charge on any atom is -0.489 e. The summed E-state index contributed by atoms with van der Waals surface area (Å²) in [5.41, 5.74) is 6.17. The van der Waals surface area contributed by atoms with E-state index < -0.39 is 0 Å². The molecule has 158 valence electrons. The van der Waals surface area contributed by atoms with E-state index in [9.17, 15) is 4.79 Å². The van der Waals surface area contributed by atoms with Crippen LogP contribution >= 0.6 is 0 Å². The highest BCUT2D eigenvalue weighted by atomic mass is 16.5. The zero-order valence-corrected chi connectivity index (χ0v) is 18.0.